The molecule has 0 aliphatic heterocycles. The zero-order chi connectivity index (χ0) is 21.0. The molecule has 0 unspecified atom stereocenters. The molecule has 0 aliphatic rings. The van der Waals surface area contributed by atoms with Crippen molar-refractivity contribution in [3.8, 4) is 11.5 Å². The largest absolute Gasteiger partial charge is 0.493 e. The van der Waals surface area contributed by atoms with E-state index in [4.69, 9.17) is 14.2 Å². The minimum Gasteiger partial charge on any atom is -0.493 e. The second kappa shape index (κ2) is 8.51. The molecule has 1 aromatic heterocycles. The van der Waals surface area contributed by atoms with Crippen molar-refractivity contribution >= 4 is 28.6 Å². The number of aromatic amines is 2. The van der Waals surface area contributed by atoms with Gasteiger partial charge in [-0.1, -0.05) is 0 Å². The predicted octanol–water partition coefficient (Wildman–Crippen LogP) is 2.45. The smallest absolute Gasteiger partial charge is 0.339 e. The van der Waals surface area contributed by atoms with Gasteiger partial charge in [-0.05, 0) is 50.2 Å². The molecule has 0 spiro atoms. The molecule has 3 aromatic rings. The van der Waals surface area contributed by atoms with Crippen LogP contribution in [-0.2, 0) is 9.53 Å². The molecule has 3 N–H and O–H groups in total. The fourth-order valence-electron chi connectivity index (χ4n) is 2.71. The lowest BCUT2D eigenvalue weighted by molar-refractivity contribution is -0.123. The van der Waals surface area contributed by atoms with Crippen LogP contribution in [0.15, 0.2) is 41.2 Å². The van der Waals surface area contributed by atoms with Crippen molar-refractivity contribution < 1.29 is 23.8 Å². The quantitative estimate of drug-likeness (QED) is 0.525. The highest BCUT2D eigenvalue weighted by atomic mass is 16.5. The van der Waals surface area contributed by atoms with Gasteiger partial charge >= 0.3 is 11.7 Å². The number of rotatable bonds is 7. The van der Waals surface area contributed by atoms with E-state index in [9.17, 15) is 14.4 Å². The van der Waals surface area contributed by atoms with Crippen LogP contribution in [0, 0.1) is 0 Å². The van der Waals surface area contributed by atoms with Crippen molar-refractivity contribution in [3.63, 3.8) is 0 Å². The lowest BCUT2D eigenvalue weighted by atomic mass is 10.2. The van der Waals surface area contributed by atoms with Crippen LogP contribution in [0.5, 0.6) is 11.5 Å². The van der Waals surface area contributed by atoms with E-state index in [1.165, 1.54) is 26.2 Å². The lowest BCUT2D eigenvalue weighted by Crippen LogP contribution is -2.30. The van der Waals surface area contributed by atoms with Gasteiger partial charge in [0.1, 0.15) is 0 Å². The first kappa shape index (κ1) is 20.0. The summed E-state index contributed by atoms with van der Waals surface area (Å²) in [5.74, 6) is -0.265. The molecule has 1 amide bonds. The molecule has 2 aromatic carbocycles. The van der Waals surface area contributed by atoms with E-state index < -0.39 is 18.0 Å². The number of anilines is 1. The van der Waals surface area contributed by atoms with Gasteiger partial charge in [0.2, 0.25) is 0 Å². The molecule has 0 fully saturated rings. The van der Waals surface area contributed by atoms with E-state index in [0.29, 0.717) is 34.8 Å². The van der Waals surface area contributed by atoms with Crippen molar-refractivity contribution in [3.05, 3.63) is 52.4 Å². The summed E-state index contributed by atoms with van der Waals surface area (Å²) in [4.78, 5) is 41.3. The first-order chi connectivity index (χ1) is 13.9. The van der Waals surface area contributed by atoms with Crippen LogP contribution in [-0.4, -0.2) is 41.7 Å². The maximum atomic E-state index is 12.4. The van der Waals surface area contributed by atoms with Crippen LogP contribution in [0.1, 0.15) is 24.2 Å². The average Bonchev–Trinajstić information content (AvgIpc) is 3.07. The number of imidazole rings is 1. The first-order valence-electron chi connectivity index (χ1n) is 8.96. The predicted molar refractivity (Wildman–Crippen MR) is 107 cm³/mol. The summed E-state index contributed by atoms with van der Waals surface area (Å²) in [5, 5.41) is 2.65. The van der Waals surface area contributed by atoms with Gasteiger partial charge in [0, 0.05) is 5.69 Å². The molecular formula is C20H21N3O6. The van der Waals surface area contributed by atoms with Gasteiger partial charge in [-0.2, -0.15) is 0 Å². The highest BCUT2D eigenvalue weighted by Gasteiger charge is 2.20. The number of nitrogens with one attached hydrogen (secondary N) is 3. The van der Waals surface area contributed by atoms with Gasteiger partial charge in [0.25, 0.3) is 5.91 Å². The Hall–Kier alpha value is -3.75. The maximum Gasteiger partial charge on any atom is 0.339 e. The SMILES string of the molecule is CCOc1cc(C(=O)O[C@@H](C)C(=O)Nc2ccc3[nH]c(=O)[nH]c3c2)ccc1OC. The molecule has 1 heterocycles. The molecule has 152 valence electrons. The summed E-state index contributed by atoms with van der Waals surface area (Å²) < 4.78 is 15.9. The van der Waals surface area contributed by atoms with E-state index in [0.717, 1.165) is 0 Å². The highest BCUT2D eigenvalue weighted by molar-refractivity contribution is 5.98. The number of amides is 1. The van der Waals surface area contributed by atoms with Crippen LogP contribution in [0.25, 0.3) is 11.0 Å². The molecule has 1 atom stereocenters. The molecule has 9 heteroatoms. The number of hydrogen-bond donors (Lipinski definition) is 3. The maximum absolute atomic E-state index is 12.4. The van der Waals surface area contributed by atoms with E-state index in [2.05, 4.69) is 15.3 Å². The second-order valence-electron chi connectivity index (χ2n) is 6.17. The Morgan fingerprint density at radius 1 is 1.07 bits per heavy atom. The van der Waals surface area contributed by atoms with E-state index >= 15 is 0 Å². The van der Waals surface area contributed by atoms with Gasteiger partial charge in [0.15, 0.2) is 17.6 Å². The molecule has 0 bridgehead atoms. The molecule has 0 aliphatic carbocycles. The van der Waals surface area contributed by atoms with Crippen LogP contribution >= 0.6 is 0 Å². The van der Waals surface area contributed by atoms with Crippen molar-refractivity contribution in [1.29, 1.82) is 0 Å². The summed E-state index contributed by atoms with van der Waals surface area (Å²) in [6.45, 7) is 3.69. The third-order valence-electron chi connectivity index (χ3n) is 4.14. The van der Waals surface area contributed by atoms with Crippen molar-refractivity contribution in [2.24, 2.45) is 0 Å². The Balaban J connectivity index is 1.67. The fourth-order valence-corrected chi connectivity index (χ4v) is 2.71. The molecule has 9 nitrogen and oxygen atoms in total. The number of esters is 1. The van der Waals surface area contributed by atoms with Crippen LogP contribution in [0.2, 0.25) is 0 Å². The van der Waals surface area contributed by atoms with E-state index in [1.54, 1.807) is 24.3 Å². The lowest BCUT2D eigenvalue weighted by Gasteiger charge is -2.15. The number of fused-ring (bicyclic) bond motifs is 1. The Bertz CT molecular complexity index is 1100. The highest BCUT2D eigenvalue weighted by Crippen LogP contribution is 2.28. The molecule has 0 radical (unpaired) electrons. The number of carbonyl (C=O) groups is 2. The zero-order valence-corrected chi connectivity index (χ0v) is 16.2. The number of aromatic nitrogens is 2. The number of hydrogen-bond acceptors (Lipinski definition) is 6. The van der Waals surface area contributed by atoms with Gasteiger partial charge in [0.05, 0.1) is 30.3 Å². The number of H-pyrrole nitrogens is 2. The van der Waals surface area contributed by atoms with E-state index in [-0.39, 0.29) is 11.3 Å². The molecule has 29 heavy (non-hydrogen) atoms. The number of benzene rings is 2. The molecule has 0 saturated heterocycles. The number of methoxy groups -OCH3 is 1. The topological polar surface area (TPSA) is 123 Å². The first-order valence-corrected chi connectivity index (χ1v) is 8.96. The fraction of sp³-hybridized carbons (Fsp3) is 0.250. The average molecular weight is 399 g/mol. The van der Waals surface area contributed by atoms with Crippen LogP contribution in [0.3, 0.4) is 0 Å². The van der Waals surface area contributed by atoms with Crippen LogP contribution < -0.4 is 20.5 Å². The molecule has 3 rings (SSSR count). The van der Waals surface area contributed by atoms with Crippen molar-refractivity contribution in [2.45, 2.75) is 20.0 Å². The monoisotopic (exact) mass is 399 g/mol. The van der Waals surface area contributed by atoms with Crippen molar-refractivity contribution in [1.82, 2.24) is 9.97 Å². The normalized spacial score (nSPS) is 11.7. The number of ether oxygens (including phenoxy) is 3. The Morgan fingerprint density at radius 3 is 2.55 bits per heavy atom. The second-order valence-corrected chi connectivity index (χ2v) is 6.17. The third kappa shape index (κ3) is 4.57. The van der Waals surface area contributed by atoms with Gasteiger partial charge in [-0.3, -0.25) is 4.79 Å². The number of carbonyl (C=O) groups excluding carboxylic acids is 2. The van der Waals surface area contributed by atoms with Crippen molar-refractivity contribution in [2.75, 3.05) is 19.0 Å². The standard InChI is InChI=1S/C20H21N3O6/c1-4-28-17-9-12(5-8-16(17)27-3)19(25)29-11(2)18(24)21-13-6-7-14-15(10-13)23-20(26)22-14/h5-11H,4H2,1-3H3,(H,21,24)(H2,22,23,26)/t11-/m0/s1. The molecule has 0 saturated carbocycles. The Morgan fingerprint density at radius 2 is 1.83 bits per heavy atom. The Kier molecular flexibility index (Phi) is 5.87. The van der Waals surface area contributed by atoms with Gasteiger partial charge in [-0.25, -0.2) is 9.59 Å². The summed E-state index contributed by atoms with van der Waals surface area (Å²) >= 11 is 0. The minimum atomic E-state index is -1.04. The summed E-state index contributed by atoms with van der Waals surface area (Å²) in [6.07, 6.45) is -1.04. The molecular weight excluding hydrogens is 378 g/mol. The summed E-state index contributed by atoms with van der Waals surface area (Å²) in [6, 6.07) is 9.54. The van der Waals surface area contributed by atoms with Crippen LogP contribution in [0.4, 0.5) is 5.69 Å². The third-order valence-corrected chi connectivity index (χ3v) is 4.14. The minimum absolute atomic E-state index is 0.236. The van der Waals surface area contributed by atoms with Gasteiger partial charge < -0.3 is 29.5 Å². The van der Waals surface area contributed by atoms with E-state index in [1.807, 2.05) is 6.92 Å². The summed E-state index contributed by atoms with van der Waals surface area (Å²) in [7, 11) is 1.50. The summed E-state index contributed by atoms with van der Waals surface area (Å²) in [5.41, 5.74) is 1.54. The zero-order valence-electron chi connectivity index (χ0n) is 16.2. The Labute approximate surface area is 166 Å². The van der Waals surface area contributed by atoms with Gasteiger partial charge in [-0.15, -0.1) is 0 Å².